The highest BCUT2D eigenvalue weighted by atomic mass is 16.5. The van der Waals surface area contributed by atoms with Gasteiger partial charge in [0.25, 0.3) is 0 Å². The van der Waals surface area contributed by atoms with Crippen molar-refractivity contribution in [1.82, 2.24) is 0 Å². The molecule has 0 aromatic rings. The van der Waals surface area contributed by atoms with Crippen LogP contribution in [0.2, 0.25) is 0 Å². The third-order valence-corrected chi connectivity index (χ3v) is 4.56. The fraction of sp³-hybridized carbons (Fsp3) is 0.833. The van der Waals surface area contributed by atoms with Crippen molar-refractivity contribution in [2.75, 3.05) is 0 Å². The van der Waals surface area contributed by atoms with Gasteiger partial charge in [0.15, 0.2) is 0 Å². The highest BCUT2D eigenvalue weighted by Gasteiger charge is 2.52. The van der Waals surface area contributed by atoms with E-state index in [0.29, 0.717) is 11.5 Å². The van der Waals surface area contributed by atoms with E-state index in [9.17, 15) is 4.79 Å². The molecule has 1 fully saturated rings. The largest absolute Gasteiger partial charge is 0.459 e. The molecule has 116 valence electrons. The highest BCUT2D eigenvalue weighted by molar-refractivity contribution is 5.87. The summed E-state index contributed by atoms with van der Waals surface area (Å²) >= 11 is 0. The molecule has 0 aliphatic heterocycles. The van der Waals surface area contributed by atoms with Crippen molar-refractivity contribution >= 4 is 5.97 Å². The van der Waals surface area contributed by atoms with Crippen LogP contribution in [0, 0.1) is 22.2 Å². The molecule has 2 nitrogen and oxygen atoms in total. The molecule has 2 heteroatoms. The molecule has 1 aliphatic carbocycles. The Bertz CT molecular complexity index is 378. The van der Waals surface area contributed by atoms with Gasteiger partial charge in [0.05, 0.1) is 0 Å². The zero-order valence-corrected chi connectivity index (χ0v) is 14.6. The number of carbonyl (C=O) groups is 1. The molecule has 1 rings (SSSR count). The van der Waals surface area contributed by atoms with Gasteiger partial charge in [0.2, 0.25) is 0 Å². The van der Waals surface area contributed by atoms with E-state index in [4.69, 9.17) is 4.74 Å². The minimum atomic E-state index is -0.254. The summed E-state index contributed by atoms with van der Waals surface area (Å²) in [6, 6.07) is 0. The second-order valence-electron chi connectivity index (χ2n) is 8.99. The van der Waals surface area contributed by atoms with Gasteiger partial charge in [-0.15, -0.1) is 0 Å². The van der Waals surface area contributed by atoms with E-state index in [2.05, 4.69) is 55.0 Å². The third kappa shape index (κ3) is 3.65. The average molecular weight is 280 g/mol. The summed E-state index contributed by atoms with van der Waals surface area (Å²) in [6.07, 6.45) is 1.86. The van der Waals surface area contributed by atoms with Crippen molar-refractivity contribution < 1.29 is 9.53 Å². The summed E-state index contributed by atoms with van der Waals surface area (Å²) in [5.41, 5.74) is 1.04. The van der Waals surface area contributed by atoms with Gasteiger partial charge in [-0.3, -0.25) is 0 Å². The molecule has 1 aliphatic rings. The van der Waals surface area contributed by atoms with Gasteiger partial charge in [-0.1, -0.05) is 55.0 Å². The van der Waals surface area contributed by atoms with Crippen molar-refractivity contribution in [2.24, 2.45) is 22.2 Å². The SMILES string of the molecule is C=C(C)C(=O)OC1CC(C)(C)C(C(C)(C)C)C(C)(C)C1. The first kappa shape index (κ1) is 17.3. The number of esters is 1. The van der Waals surface area contributed by atoms with Crippen LogP contribution in [0.15, 0.2) is 12.2 Å². The van der Waals surface area contributed by atoms with Gasteiger partial charge >= 0.3 is 5.97 Å². The summed E-state index contributed by atoms with van der Waals surface area (Å²) in [6.45, 7) is 21.6. The Morgan fingerprint density at radius 3 is 1.80 bits per heavy atom. The molecule has 1 saturated carbocycles. The van der Waals surface area contributed by atoms with Crippen LogP contribution in [-0.2, 0) is 9.53 Å². The van der Waals surface area contributed by atoms with Crippen molar-refractivity contribution in [3.05, 3.63) is 12.2 Å². The van der Waals surface area contributed by atoms with Gasteiger partial charge in [-0.25, -0.2) is 4.79 Å². The monoisotopic (exact) mass is 280 g/mol. The van der Waals surface area contributed by atoms with E-state index in [0.717, 1.165) is 12.8 Å². The fourth-order valence-electron chi connectivity index (χ4n) is 5.22. The number of hydrogen-bond donors (Lipinski definition) is 0. The summed E-state index contributed by atoms with van der Waals surface area (Å²) < 4.78 is 5.65. The number of ether oxygens (including phenoxy) is 1. The first-order chi connectivity index (χ1) is 8.77. The first-order valence-corrected chi connectivity index (χ1v) is 7.64. The van der Waals surface area contributed by atoms with E-state index in [1.807, 2.05) is 0 Å². The standard InChI is InChI=1S/C18H32O2/c1-12(2)14(19)20-13-10-17(6,7)15(16(3,4)5)18(8,9)11-13/h13,15H,1,10-11H2,2-9H3. The zero-order chi connectivity index (χ0) is 15.9. The number of rotatable bonds is 2. The molecule has 0 radical (unpaired) electrons. The van der Waals surface area contributed by atoms with Crippen LogP contribution < -0.4 is 0 Å². The predicted molar refractivity (Wildman–Crippen MR) is 84.4 cm³/mol. The Hall–Kier alpha value is -0.790. The Morgan fingerprint density at radius 1 is 1.10 bits per heavy atom. The Balaban J connectivity index is 2.99. The Morgan fingerprint density at radius 2 is 1.50 bits per heavy atom. The van der Waals surface area contributed by atoms with Crippen LogP contribution in [0.5, 0.6) is 0 Å². The smallest absolute Gasteiger partial charge is 0.333 e. The quantitative estimate of drug-likeness (QED) is 0.526. The van der Waals surface area contributed by atoms with Gasteiger partial charge in [0.1, 0.15) is 6.10 Å². The first-order valence-electron chi connectivity index (χ1n) is 7.64. The van der Waals surface area contributed by atoms with Crippen LogP contribution >= 0.6 is 0 Å². The number of hydrogen-bond acceptors (Lipinski definition) is 2. The van der Waals surface area contributed by atoms with Crippen LogP contribution in [0.1, 0.15) is 68.2 Å². The van der Waals surface area contributed by atoms with Crippen LogP contribution in [-0.4, -0.2) is 12.1 Å². The molecule has 0 unspecified atom stereocenters. The van der Waals surface area contributed by atoms with E-state index in [-0.39, 0.29) is 28.3 Å². The van der Waals surface area contributed by atoms with Crippen molar-refractivity contribution in [3.8, 4) is 0 Å². The number of carbonyl (C=O) groups excluding carboxylic acids is 1. The summed E-state index contributed by atoms with van der Waals surface area (Å²) in [4.78, 5) is 11.8. The predicted octanol–water partition coefficient (Wildman–Crippen LogP) is 4.98. The minimum Gasteiger partial charge on any atom is -0.459 e. The molecule has 0 N–H and O–H groups in total. The summed E-state index contributed by atoms with van der Waals surface area (Å²) in [7, 11) is 0. The molecule has 0 amide bonds. The second kappa shape index (κ2) is 5.20. The van der Waals surface area contributed by atoms with E-state index in [1.165, 1.54) is 0 Å². The lowest BCUT2D eigenvalue weighted by Gasteiger charge is -2.57. The second-order valence-corrected chi connectivity index (χ2v) is 8.99. The van der Waals surface area contributed by atoms with Gasteiger partial charge < -0.3 is 4.74 Å². The fourth-order valence-corrected chi connectivity index (χ4v) is 5.22. The molecule has 0 spiro atoms. The highest BCUT2D eigenvalue weighted by Crippen LogP contribution is 2.58. The average Bonchev–Trinajstić information content (AvgIpc) is 2.09. The summed E-state index contributed by atoms with van der Waals surface area (Å²) in [5.74, 6) is 0.332. The molecule has 0 heterocycles. The Labute approximate surface area is 125 Å². The summed E-state index contributed by atoms with van der Waals surface area (Å²) in [5, 5.41) is 0. The molecule has 20 heavy (non-hydrogen) atoms. The maximum atomic E-state index is 11.8. The topological polar surface area (TPSA) is 26.3 Å². The van der Waals surface area contributed by atoms with E-state index in [1.54, 1.807) is 6.92 Å². The molecular formula is C18H32O2. The molecule has 0 aromatic heterocycles. The normalized spacial score (nSPS) is 28.8. The third-order valence-electron chi connectivity index (χ3n) is 4.56. The zero-order valence-electron chi connectivity index (χ0n) is 14.6. The van der Waals surface area contributed by atoms with Crippen molar-refractivity contribution in [2.45, 2.75) is 74.3 Å². The minimum absolute atomic E-state index is 0.00259. The molecular weight excluding hydrogens is 248 g/mol. The van der Waals surface area contributed by atoms with Gasteiger partial charge in [-0.05, 0) is 41.9 Å². The lowest BCUT2D eigenvalue weighted by Crippen LogP contribution is -2.52. The van der Waals surface area contributed by atoms with Gasteiger partial charge in [-0.2, -0.15) is 0 Å². The maximum absolute atomic E-state index is 11.8. The molecule has 0 aromatic carbocycles. The van der Waals surface area contributed by atoms with Crippen LogP contribution in [0.25, 0.3) is 0 Å². The molecule has 0 bridgehead atoms. The van der Waals surface area contributed by atoms with Crippen molar-refractivity contribution in [1.29, 1.82) is 0 Å². The van der Waals surface area contributed by atoms with Gasteiger partial charge in [0, 0.05) is 5.57 Å². The van der Waals surface area contributed by atoms with Crippen LogP contribution in [0.4, 0.5) is 0 Å². The molecule has 0 saturated heterocycles. The Kier molecular flexibility index (Phi) is 4.49. The van der Waals surface area contributed by atoms with E-state index < -0.39 is 0 Å². The van der Waals surface area contributed by atoms with Crippen molar-refractivity contribution in [3.63, 3.8) is 0 Å². The van der Waals surface area contributed by atoms with E-state index >= 15 is 0 Å². The van der Waals surface area contributed by atoms with Crippen LogP contribution in [0.3, 0.4) is 0 Å². The lowest BCUT2D eigenvalue weighted by atomic mass is 9.49. The maximum Gasteiger partial charge on any atom is 0.333 e. The molecule has 0 atom stereocenters. The lowest BCUT2D eigenvalue weighted by molar-refractivity contribution is -0.160.